The van der Waals surface area contributed by atoms with Crippen molar-refractivity contribution in [1.29, 1.82) is 0 Å². The molecule has 0 fully saturated rings. The number of carboxylic acids is 1. The predicted molar refractivity (Wildman–Crippen MR) is 86.5 cm³/mol. The third-order valence-electron chi connectivity index (χ3n) is 3.82. The molecule has 2 aromatic rings. The average Bonchev–Trinajstić information content (AvgIpc) is 2.84. The summed E-state index contributed by atoms with van der Waals surface area (Å²) in [6, 6.07) is 6.42. The normalized spacial score (nSPS) is 13.4. The minimum Gasteiger partial charge on any atom is -0.479 e. The van der Waals surface area contributed by atoms with Crippen molar-refractivity contribution in [1.82, 2.24) is 15.1 Å². The van der Waals surface area contributed by atoms with E-state index >= 15 is 0 Å². The zero-order chi connectivity index (χ0) is 17.2. The highest BCUT2D eigenvalue weighted by atomic mass is 35.5. The maximum Gasteiger partial charge on any atom is 0.334 e. The van der Waals surface area contributed by atoms with E-state index in [1.165, 1.54) is 4.68 Å². The second-order valence-electron chi connectivity index (χ2n) is 5.33. The Hall–Kier alpha value is -2.34. The number of nitrogens with zero attached hydrogens (tertiary/aromatic N) is 2. The van der Waals surface area contributed by atoms with E-state index in [-0.39, 0.29) is 6.42 Å². The fourth-order valence-corrected chi connectivity index (χ4v) is 2.64. The van der Waals surface area contributed by atoms with Crippen LogP contribution in [0.25, 0.3) is 0 Å². The molecule has 1 heterocycles. The molecule has 0 bridgehead atoms. The molecule has 2 N–H and O–H groups in total. The van der Waals surface area contributed by atoms with Crippen LogP contribution >= 0.6 is 11.6 Å². The number of aryl methyl sites for hydroxylation is 2. The third-order valence-corrected chi connectivity index (χ3v) is 4.07. The second kappa shape index (κ2) is 6.42. The summed E-state index contributed by atoms with van der Waals surface area (Å²) in [5.41, 5.74) is -0.173. The summed E-state index contributed by atoms with van der Waals surface area (Å²) in [5, 5.41) is 17.0. The van der Waals surface area contributed by atoms with Crippen molar-refractivity contribution in [3.63, 3.8) is 0 Å². The van der Waals surface area contributed by atoms with Gasteiger partial charge in [-0.25, -0.2) is 4.79 Å². The number of benzene rings is 1. The number of rotatable bonds is 5. The molecule has 0 aliphatic rings. The lowest BCUT2D eigenvalue weighted by Crippen LogP contribution is -2.51. The van der Waals surface area contributed by atoms with Crippen LogP contribution in [0.5, 0.6) is 0 Å². The van der Waals surface area contributed by atoms with E-state index < -0.39 is 17.4 Å². The molecule has 1 aromatic carbocycles. The van der Waals surface area contributed by atoms with Crippen LogP contribution < -0.4 is 5.32 Å². The van der Waals surface area contributed by atoms with Crippen molar-refractivity contribution in [2.45, 2.75) is 25.8 Å². The molecule has 1 atom stereocenters. The molecule has 23 heavy (non-hydrogen) atoms. The highest BCUT2D eigenvalue weighted by Crippen LogP contribution is 2.27. The SMILES string of the molecule is CCC(NC(=O)c1cn(C)nc1C)(C(=O)O)c1ccc(Cl)cc1. The Morgan fingerprint density at radius 1 is 1.35 bits per heavy atom. The largest absolute Gasteiger partial charge is 0.479 e. The minimum absolute atomic E-state index is 0.189. The van der Waals surface area contributed by atoms with Crippen molar-refractivity contribution in [3.8, 4) is 0 Å². The molecular formula is C16H18ClN3O3. The number of hydrogen-bond donors (Lipinski definition) is 2. The van der Waals surface area contributed by atoms with Crippen molar-refractivity contribution >= 4 is 23.5 Å². The van der Waals surface area contributed by atoms with Gasteiger partial charge in [0.25, 0.3) is 5.91 Å². The van der Waals surface area contributed by atoms with Gasteiger partial charge in [-0.1, -0.05) is 30.7 Å². The number of halogens is 1. The summed E-state index contributed by atoms with van der Waals surface area (Å²) in [6.45, 7) is 3.41. The molecule has 6 nitrogen and oxygen atoms in total. The number of aliphatic carboxylic acids is 1. The van der Waals surface area contributed by atoms with E-state index in [0.717, 1.165) is 0 Å². The smallest absolute Gasteiger partial charge is 0.334 e. The quantitative estimate of drug-likeness (QED) is 0.879. The van der Waals surface area contributed by atoms with Crippen LogP contribution in [-0.2, 0) is 17.4 Å². The zero-order valence-corrected chi connectivity index (χ0v) is 13.9. The van der Waals surface area contributed by atoms with E-state index in [0.29, 0.717) is 21.8 Å². The van der Waals surface area contributed by atoms with Gasteiger partial charge in [-0.15, -0.1) is 0 Å². The van der Waals surface area contributed by atoms with Gasteiger partial charge in [-0.3, -0.25) is 9.48 Å². The average molecular weight is 336 g/mol. The Kier molecular flexibility index (Phi) is 4.75. The van der Waals surface area contributed by atoms with Crippen molar-refractivity contribution in [2.75, 3.05) is 0 Å². The highest BCUT2D eigenvalue weighted by Gasteiger charge is 2.40. The first-order chi connectivity index (χ1) is 10.8. The maximum absolute atomic E-state index is 12.5. The monoisotopic (exact) mass is 335 g/mol. The van der Waals surface area contributed by atoms with E-state index in [9.17, 15) is 14.7 Å². The first-order valence-corrected chi connectivity index (χ1v) is 7.50. The van der Waals surface area contributed by atoms with Crippen LogP contribution in [0.15, 0.2) is 30.5 Å². The topological polar surface area (TPSA) is 84.2 Å². The maximum atomic E-state index is 12.5. The fraction of sp³-hybridized carbons (Fsp3) is 0.312. The van der Waals surface area contributed by atoms with Gasteiger partial charge in [0.15, 0.2) is 5.54 Å². The molecular weight excluding hydrogens is 318 g/mol. The number of hydrogen-bond acceptors (Lipinski definition) is 3. The molecule has 122 valence electrons. The van der Waals surface area contributed by atoms with Crippen LogP contribution in [0.2, 0.25) is 5.02 Å². The lowest BCUT2D eigenvalue weighted by Gasteiger charge is -2.30. The van der Waals surface area contributed by atoms with E-state index in [2.05, 4.69) is 10.4 Å². The van der Waals surface area contributed by atoms with Crippen LogP contribution in [-0.4, -0.2) is 26.8 Å². The van der Waals surface area contributed by atoms with Crippen molar-refractivity contribution in [3.05, 3.63) is 52.3 Å². The molecule has 0 aliphatic heterocycles. The molecule has 0 saturated heterocycles. The van der Waals surface area contributed by atoms with Crippen LogP contribution in [0, 0.1) is 6.92 Å². The van der Waals surface area contributed by atoms with Gasteiger partial charge in [0, 0.05) is 18.3 Å². The number of carbonyl (C=O) groups excluding carboxylic acids is 1. The summed E-state index contributed by atoms with van der Waals surface area (Å²) in [6.07, 6.45) is 1.75. The Morgan fingerprint density at radius 3 is 2.39 bits per heavy atom. The van der Waals surface area contributed by atoms with Crippen LogP contribution in [0.1, 0.15) is 35.0 Å². The number of nitrogens with one attached hydrogen (secondary N) is 1. The van der Waals surface area contributed by atoms with E-state index in [1.54, 1.807) is 51.4 Å². The van der Waals surface area contributed by atoms with Gasteiger partial charge in [0.1, 0.15) is 0 Å². The van der Waals surface area contributed by atoms with E-state index in [4.69, 9.17) is 11.6 Å². The van der Waals surface area contributed by atoms with Gasteiger partial charge in [0.05, 0.1) is 11.3 Å². The molecule has 0 spiro atoms. The number of carboxylic acid groups (broad SMARTS) is 1. The summed E-state index contributed by atoms with van der Waals surface area (Å²) in [5.74, 6) is -1.60. The summed E-state index contributed by atoms with van der Waals surface area (Å²) < 4.78 is 1.51. The fourth-order valence-electron chi connectivity index (χ4n) is 2.51. The van der Waals surface area contributed by atoms with Crippen LogP contribution in [0.4, 0.5) is 0 Å². The van der Waals surface area contributed by atoms with Crippen molar-refractivity contribution in [2.24, 2.45) is 7.05 Å². The first-order valence-electron chi connectivity index (χ1n) is 7.12. The van der Waals surface area contributed by atoms with Gasteiger partial charge < -0.3 is 10.4 Å². The second-order valence-corrected chi connectivity index (χ2v) is 5.76. The molecule has 1 amide bonds. The molecule has 0 aliphatic carbocycles. The molecule has 1 unspecified atom stereocenters. The minimum atomic E-state index is -1.52. The van der Waals surface area contributed by atoms with E-state index in [1.807, 2.05) is 0 Å². The third kappa shape index (κ3) is 3.22. The molecule has 2 rings (SSSR count). The molecule has 0 saturated carbocycles. The van der Waals surface area contributed by atoms with Gasteiger partial charge in [-0.05, 0) is 31.0 Å². The van der Waals surface area contributed by atoms with Crippen LogP contribution in [0.3, 0.4) is 0 Å². The summed E-state index contributed by atoms with van der Waals surface area (Å²) >= 11 is 5.86. The standard InChI is InChI=1S/C16H18ClN3O3/c1-4-16(15(22)23,11-5-7-12(17)8-6-11)18-14(21)13-9-20(3)19-10(13)2/h5-9H,4H2,1-3H3,(H,18,21)(H,22,23). The molecule has 7 heteroatoms. The molecule has 1 aromatic heterocycles. The Labute approximate surface area is 139 Å². The van der Waals surface area contributed by atoms with Gasteiger partial charge in [0.2, 0.25) is 0 Å². The Balaban J connectivity index is 2.43. The Bertz CT molecular complexity index is 740. The van der Waals surface area contributed by atoms with Gasteiger partial charge in [-0.2, -0.15) is 5.10 Å². The van der Waals surface area contributed by atoms with Gasteiger partial charge >= 0.3 is 5.97 Å². The number of carbonyl (C=O) groups is 2. The lowest BCUT2D eigenvalue weighted by molar-refractivity contribution is -0.145. The first kappa shape index (κ1) is 17.0. The summed E-state index contributed by atoms with van der Waals surface area (Å²) in [7, 11) is 1.70. The van der Waals surface area contributed by atoms with Crippen molar-refractivity contribution < 1.29 is 14.7 Å². The lowest BCUT2D eigenvalue weighted by atomic mass is 9.87. The summed E-state index contributed by atoms with van der Waals surface area (Å²) in [4.78, 5) is 24.5. The zero-order valence-electron chi connectivity index (χ0n) is 13.1. The highest BCUT2D eigenvalue weighted by molar-refractivity contribution is 6.30. The number of amides is 1. The molecule has 0 radical (unpaired) electrons. The number of aromatic nitrogens is 2. The predicted octanol–water partition coefficient (Wildman–Crippen LogP) is 2.50. The Morgan fingerprint density at radius 2 is 1.96 bits per heavy atom.